The standard InChI is InChI=1S/C18H24FN3O4/c1-2-3-10-26-17(24)11-15-18(25)20-8-9-22(15)12-16(23)21-14-6-4-13(19)5-7-14/h4-7,15H,2-3,8-12H2,1H3,(H,20,25)(H,21,23). The predicted octanol–water partition coefficient (Wildman–Crippen LogP) is 1.30. The van der Waals surface area contributed by atoms with Gasteiger partial charge in [0.1, 0.15) is 11.9 Å². The Labute approximate surface area is 151 Å². The molecule has 1 aliphatic heterocycles. The molecule has 0 saturated carbocycles. The molecule has 0 bridgehead atoms. The smallest absolute Gasteiger partial charge is 0.307 e. The van der Waals surface area contributed by atoms with E-state index >= 15 is 0 Å². The summed E-state index contributed by atoms with van der Waals surface area (Å²) in [6.07, 6.45) is 1.58. The van der Waals surface area contributed by atoms with Crippen LogP contribution in [0.1, 0.15) is 26.2 Å². The van der Waals surface area contributed by atoms with Crippen molar-refractivity contribution in [2.45, 2.75) is 32.2 Å². The number of anilines is 1. The summed E-state index contributed by atoms with van der Waals surface area (Å²) < 4.78 is 18.0. The van der Waals surface area contributed by atoms with Crippen LogP contribution in [0.3, 0.4) is 0 Å². The largest absolute Gasteiger partial charge is 0.466 e. The number of nitrogens with zero attached hydrogens (tertiary/aromatic N) is 1. The summed E-state index contributed by atoms with van der Waals surface area (Å²) >= 11 is 0. The Hall–Kier alpha value is -2.48. The molecule has 0 radical (unpaired) electrons. The van der Waals surface area contributed by atoms with E-state index in [1.165, 1.54) is 24.3 Å². The number of nitrogens with one attached hydrogen (secondary N) is 2. The maximum absolute atomic E-state index is 12.9. The number of carbonyl (C=O) groups excluding carboxylic acids is 3. The van der Waals surface area contributed by atoms with E-state index in [9.17, 15) is 18.8 Å². The van der Waals surface area contributed by atoms with E-state index in [2.05, 4.69) is 10.6 Å². The molecule has 1 heterocycles. The zero-order valence-corrected chi connectivity index (χ0v) is 14.8. The molecule has 1 saturated heterocycles. The lowest BCUT2D eigenvalue weighted by Crippen LogP contribution is -2.57. The Bertz CT molecular complexity index is 636. The number of hydrogen-bond acceptors (Lipinski definition) is 5. The van der Waals surface area contributed by atoms with Crippen LogP contribution < -0.4 is 10.6 Å². The number of piperazine rings is 1. The third kappa shape index (κ3) is 6.11. The van der Waals surface area contributed by atoms with Crippen LogP contribution in [0.25, 0.3) is 0 Å². The van der Waals surface area contributed by atoms with Crippen LogP contribution in [0, 0.1) is 5.82 Å². The van der Waals surface area contributed by atoms with Gasteiger partial charge in [0, 0.05) is 18.8 Å². The molecule has 1 atom stereocenters. The van der Waals surface area contributed by atoms with Crippen molar-refractivity contribution in [3.63, 3.8) is 0 Å². The van der Waals surface area contributed by atoms with Gasteiger partial charge in [-0.25, -0.2) is 4.39 Å². The van der Waals surface area contributed by atoms with E-state index in [-0.39, 0.29) is 24.8 Å². The van der Waals surface area contributed by atoms with Gasteiger partial charge < -0.3 is 15.4 Å². The number of hydrogen-bond donors (Lipinski definition) is 2. The van der Waals surface area contributed by atoms with Gasteiger partial charge >= 0.3 is 5.97 Å². The second-order valence-corrected chi connectivity index (χ2v) is 6.11. The van der Waals surface area contributed by atoms with Crippen LogP contribution in [0.2, 0.25) is 0 Å². The molecule has 8 heteroatoms. The summed E-state index contributed by atoms with van der Waals surface area (Å²) in [6.45, 7) is 3.13. The number of halogens is 1. The molecule has 7 nitrogen and oxygen atoms in total. The van der Waals surface area contributed by atoms with Crippen LogP contribution >= 0.6 is 0 Å². The molecule has 1 fully saturated rings. The number of carbonyl (C=O) groups is 3. The van der Waals surface area contributed by atoms with Crippen molar-refractivity contribution in [1.82, 2.24) is 10.2 Å². The van der Waals surface area contributed by atoms with Crippen molar-refractivity contribution in [1.29, 1.82) is 0 Å². The zero-order chi connectivity index (χ0) is 18.9. The fourth-order valence-electron chi connectivity index (χ4n) is 2.64. The molecule has 1 aliphatic rings. The van der Waals surface area contributed by atoms with E-state index < -0.39 is 17.8 Å². The lowest BCUT2D eigenvalue weighted by molar-refractivity contribution is -0.149. The first kappa shape index (κ1) is 19.8. The molecule has 26 heavy (non-hydrogen) atoms. The minimum Gasteiger partial charge on any atom is -0.466 e. The van der Waals surface area contributed by atoms with Gasteiger partial charge in [-0.15, -0.1) is 0 Å². The van der Waals surface area contributed by atoms with Gasteiger partial charge in [0.15, 0.2) is 0 Å². The number of rotatable bonds is 8. The summed E-state index contributed by atoms with van der Waals surface area (Å²) in [7, 11) is 0. The third-order valence-electron chi connectivity index (χ3n) is 4.04. The van der Waals surface area contributed by atoms with Crippen LogP contribution in [0.15, 0.2) is 24.3 Å². The van der Waals surface area contributed by atoms with Gasteiger partial charge in [-0.1, -0.05) is 13.3 Å². The minimum atomic E-state index is -0.739. The predicted molar refractivity (Wildman–Crippen MR) is 93.9 cm³/mol. The average molecular weight is 365 g/mol. The Balaban J connectivity index is 1.91. The molecule has 0 aromatic heterocycles. The molecule has 2 rings (SSSR count). The fourth-order valence-corrected chi connectivity index (χ4v) is 2.64. The van der Waals surface area contributed by atoms with Gasteiger partial charge in [-0.3, -0.25) is 19.3 Å². The van der Waals surface area contributed by atoms with Crippen molar-refractivity contribution < 1.29 is 23.5 Å². The molecular weight excluding hydrogens is 341 g/mol. The van der Waals surface area contributed by atoms with Gasteiger partial charge in [-0.2, -0.15) is 0 Å². The van der Waals surface area contributed by atoms with Crippen LogP contribution in [-0.4, -0.2) is 55.0 Å². The van der Waals surface area contributed by atoms with Crippen LogP contribution in [0.4, 0.5) is 10.1 Å². The zero-order valence-electron chi connectivity index (χ0n) is 14.8. The minimum absolute atomic E-state index is 0.0439. The highest BCUT2D eigenvalue weighted by Crippen LogP contribution is 2.12. The number of amides is 2. The van der Waals surface area contributed by atoms with E-state index in [0.29, 0.717) is 25.4 Å². The normalized spacial score (nSPS) is 17.5. The highest BCUT2D eigenvalue weighted by molar-refractivity contribution is 5.93. The molecular formula is C18H24FN3O4. The van der Waals surface area contributed by atoms with Crippen LogP contribution in [-0.2, 0) is 19.1 Å². The SMILES string of the molecule is CCCCOC(=O)CC1C(=O)NCCN1CC(=O)Nc1ccc(F)cc1. The van der Waals surface area contributed by atoms with Crippen LogP contribution in [0.5, 0.6) is 0 Å². The Morgan fingerprint density at radius 3 is 2.77 bits per heavy atom. The summed E-state index contributed by atoms with van der Waals surface area (Å²) in [5, 5.41) is 5.35. The Kier molecular flexibility index (Phi) is 7.53. The lowest BCUT2D eigenvalue weighted by Gasteiger charge is -2.33. The second kappa shape index (κ2) is 9.86. The second-order valence-electron chi connectivity index (χ2n) is 6.11. The van der Waals surface area contributed by atoms with E-state index in [0.717, 1.165) is 12.8 Å². The first-order valence-corrected chi connectivity index (χ1v) is 8.72. The summed E-state index contributed by atoms with van der Waals surface area (Å²) in [5.74, 6) is -1.48. The van der Waals surface area contributed by atoms with Gasteiger partial charge in [-0.05, 0) is 30.7 Å². The number of benzene rings is 1. The van der Waals surface area contributed by atoms with Gasteiger partial charge in [0.25, 0.3) is 0 Å². The highest BCUT2D eigenvalue weighted by Gasteiger charge is 2.33. The monoisotopic (exact) mass is 365 g/mol. The molecule has 2 N–H and O–H groups in total. The molecule has 142 valence electrons. The van der Waals surface area contributed by atoms with Gasteiger partial charge in [0.2, 0.25) is 11.8 Å². The quantitative estimate of drug-likeness (QED) is 0.536. The Morgan fingerprint density at radius 1 is 1.35 bits per heavy atom. The molecule has 0 spiro atoms. The fraction of sp³-hybridized carbons (Fsp3) is 0.500. The van der Waals surface area contributed by atoms with Crippen molar-refractivity contribution >= 4 is 23.5 Å². The number of unbranched alkanes of at least 4 members (excludes halogenated alkanes) is 1. The maximum atomic E-state index is 12.9. The van der Waals surface area contributed by atoms with E-state index in [1.54, 1.807) is 4.90 Å². The molecule has 1 aromatic carbocycles. The lowest BCUT2D eigenvalue weighted by atomic mass is 10.1. The van der Waals surface area contributed by atoms with Crippen molar-refractivity contribution in [3.8, 4) is 0 Å². The molecule has 1 unspecified atom stereocenters. The third-order valence-corrected chi connectivity index (χ3v) is 4.04. The average Bonchev–Trinajstić information content (AvgIpc) is 2.60. The summed E-state index contributed by atoms with van der Waals surface area (Å²) in [4.78, 5) is 37.9. The van der Waals surface area contributed by atoms with E-state index in [4.69, 9.17) is 4.74 Å². The molecule has 0 aliphatic carbocycles. The van der Waals surface area contributed by atoms with Crippen molar-refractivity contribution in [3.05, 3.63) is 30.1 Å². The highest BCUT2D eigenvalue weighted by atomic mass is 19.1. The van der Waals surface area contributed by atoms with Gasteiger partial charge in [0.05, 0.1) is 19.6 Å². The molecule has 1 aromatic rings. The van der Waals surface area contributed by atoms with Crippen molar-refractivity contribution in [2.24, 2.45) is 0 Å². The Morgan fingerprint density at radius 2 is 2.08 bits per heavy atom. The topological polar surface area (TPSA) is 87.7 Å². The first-order valence-electron chi connectivity index (χ1n) is 8.72. The number of esters is 1. The van der Waals surface area contributed by atoms with E-state index in [1.807, 2.05) is 6.92 Å². The first-order chi connectivity index (χ1) is 12.5. The summed E-state index contributed by atoms with van der Waals surface area (Å²) in [6, 6.07) is 4.67. The maximum Gasteiger partial charge on any atom is 0.307 e. The number of ether oxygens (including phenoxy) is 1. The molecule has 2 amide bonds. The summed E-state index contributed by atoms with van der Waals surface area (Å²) in [5.41, 5.74) is 0.466. The van der Waals surface area contributed by atoms with Crippen molar-refractivity contribution in [2.75, 3.05) is 31.6 Å².